The number of hydrogen-bond acceptors (Lipinski definition) is 3. The molecule has 0 saturated carbocycles. The Morgan fingerprint density at radius 3 is 2.94 bits per heavy atom. The molecule has 1 atom stereocenters. The third kappa shape index (κ3) is 2.67. The van der Waals surface area contributed by atoms with E-state index >= 15 is 0 Å². The minimum absolute atomic E-state index is 0.0288. The molecule has 17 heavy (non-hydrogen) atoms. The summed E-state index contributed by atoms with van der Waals surface area (Å²) in [4.78, 5) is 13.7. The Bertz CT molecular complexity index is 463. The van der Waals surface area contributed by atoms with Gasteiger partial charge < -0.3 is 9.64 Å². The number of benzene rings is 1. The molecule has 0 radical (unpaired) electrons. The lowest BCUT2D eigenvalue weighted by Gasteiger charge is -2.04. The Kier molecular flexibility index (Phi) is 3.18. The molecule has 0 unspecified atom stereocenters. The van der Waals surface area contributed by atoms with Gasteiger partial charge in [0.15, 0.2) is 5.78 Å². The molecule has 2 rings (SSSR count). The lowest BCUT2D eigenvalue weighted by Crippen LogP contribution is -2.05. The quantitative estimate of drug-likeness (QED) is 0.590. The number of hydrogen-bond donors (Lipinski definition) is 0. The van der Waals surface area contributed by atoms with Gasteiger partial charge in [0.05, 0.1) is 0 Å². The van der Waals surface area contributed by atoms with Gasteiger partial charge in [-0.05, 0) is 30.7 Å². The van der Waals surface area contributed by atoms with Crippen molar-refractivity contribution < 1.29 is 9.53 Å². The minimum atomic E-state index is 0.0288. The molecule has 0 aromatic heterocycles. The highest BCUT2D eigenvalue weighted by atomic mass is 16.5. The van der Waals surface area contributed by atoms with Gasteiger partial charge in [-0.3, -0.25) is 4.79 Å². The Labute approximate surface area is 102 Å². The number of nitrogens with zero attached hydrogens (tertiary/aromatic N) is 1. The van der Waals surface area contributed by atoms with E-state index in [9.17, 15) is 4.79 Å². The first-order chi connectivity index (χ1) is 8.06. The summed E-state index contributed by atoms with van der Waals surface area (Å²) in [7, 11) is 3.78. The van der Waals surface area contributed by atoms with Crippen LogP contribution in [0, 0.1) is 0 Å². The third-order valence-corrected chi connectivity index (χ3v) is 2.70. The second-order valence-electron chi connectivity index (χ2n) is 4.60. The van der Waals surface area contributed by atoms with Crippen LogP contribution in [0.25, 0.3) is 0 Å². The zero-order chi connectivity index (χ0) is 12.4. The Morgan fingerprint density at radius 1 is 1.47 bits per heavy atom. The summed E-state index contributed by atoms with van der Waals surface area (Å²) in [6, 6.07) is 5.63. The summed E-state index contributed by atoms with van der Waals surface area (Å²) in [5.74, 6) is 0.937. The van der Waals surface area contributed by atoms with Gasteiger partial charge in [-0.25, -0.2) is 0 Å². The van der Waals surface area contributed by atoms with Crippen LogP contribution in [0.1, 0.15) is 22.8 Å². The molecule has 0 saturated heterocycles. The number of carbonyl (C=O) groups excluding carboxylic acids is 1. The minimum Gasteiger partial charge on any atom is -0.490 e. The summed E-state index contributed by atoms with van der Waals surface area (Å²) >= 11 is 0. The van der Waals surface area contributed by atoms with E-state index < -0.39 is 0 Å². The first kappa shape index (κ1) is 11.7. The molecule has 1 heterocycles. The zero-order valence-electron chi connectivity index (χ0n) is 10.4. The summed E-state index contributed by atoms with van der Waals surface area (Å²) in [5, 5.41) is 0. The molecule has 1 aliphatic heterocycles. The van der Waals surface area contributed by atoms with Gasteiger partial charge in [-0.2, -0.15) is 0 Å². The highest BCUT2D eigenvalue weighted by Crippen LogP contribution is 2.29. The molecule has 1 aliphatic rings. The molecule has 0 N–H and O–H groups in total. The van der Waals surface area contributed by atoms with Gasteiger partial charge in [-0.1, -0.05) is 0 Å². The van der Waals surface area contributed by atoms with Gasteiger partial charge in [0.1, 0.15) is 11.9 Å². The van der Waals surface area contributed by atoms with Crippen molar-refractivity contribution in [3.05, 3.63) is 41.6 Å². The predicted molar refractivity (Wildman–Crippen MR) is 67.4 cm³/mol. The Morgan fingerprint density at radius 2 is 2.24 bits per heavy atom. The maximum atomic E-state index is 11.9. The smallest absolute Gasteiger partial charge is 0.187 e. The van der Waals surface area contributed by atoms with Crippen LogP contribution in [0.4, 0.5) is 0 Å². The van der Waals surface area contributed by atoms with Crippen molar-refractivity contribution in [2.75, 3.05) is 14.1 Å². The van der Waals surface area contributed by atoms with E-state index in [1.165, 1.54) is 0 Å². The van der Waals surface area contributed by atoms with Crippen molar-refractivity contribution in [3.8, 4) is 5.75 Å². The van der Waals surface area contributed by atoms with Crippen LogP contribution in [-0.2, 0) is 6.42 Å². The highest BCUT2D eigenvalue weighted by Gasteiger charge is 2.19. The number of ether oxygens (including phenoxy) is 1. The second kappa shape index (κ2) is 4.62. The molecular weight excluding hydrogens is 214 g/mol. The molecule has 0 amide bonds. The SMILES string of the molecule is C[C@H]1Cc2cc(C(=O)/C=C/N(C)C)ccc2O1. The van der Waals surface area contributed by atoms with Crippen LogP contribution in [0.15, 0.2) is 30.5 Å². The van der Waals surface area contributed by atoms with Crippen LogP contribution >= 0.6 is 0 Å². The van der Waals surface area contributed by atoms with Crippen LogP contribution in [0.3, 0.4) is 0 Å². The molecule has 3 heteroatoms. The van der Waals surface area contributed by atoms with Crippen molar-refractivity contribution in [2.24, 2.45) is 0 Å². The average molecular weight is 231 g/mol. The topological polar surface area (TPSA) is 29.5 Å². The first-order valence-corrected chi connectivity index (χ1v) is 5.75. The van der Waals surface area contributed by atoms with E-state index in [0.717, 1.165) is 23.3 Å². The number of rotatable bonds is 3. The van der Waals surface area contributed by atoms with Crippen molar-refractivity contribution in [2.45, 2.75) is 19.4 Å². The predicted octanol–water partition coefficient (Wildman–Crippen LogP) is 2.27. The maximum absolute atomic E-state index is 11.9. The van der Waals surface area contributed by atoms with Gasteiger partial charge >= 0.3 is 0 Å². The molecule has 0 fully saturated rings. The lowest BCUT2D eigenvalue weighted by molar-refractivity contribution is 0.104. The Balaban J connectivity index is 2.19. The number of allylic oxidation sites excluding steroid dienone is 1. The van der Waals surface area contributed by atoms with E-state index in [1.807, 2.05) is 44.1 Å². The summed E-state index contributed by atoms with van der Waals surface area (Å²) in [6.45, 7) is 2.04. The van der Waals surface area contributed by atoms with Gasteiger partial charge in [0.2, 0.25) is 0 Å². The zero-order valence-corrected chi connectivity index (χ0v) is 10.4. The van der Waals surface area contributed by atoms with E-state index in [4.69, 9.17) is 4.74 Å². The molecular formula is C14H17NO2. The fourth-order valence-corrected chi connectivity index (χ4v) is 1.89. The van der Waals surface area contributed by atoms with Crippen LogP contribution in [0.5, 0.6) is 5.75 Å². The van der Waals surface area contributed by atoms with Gasteiger partial charge in [-0.15, -0.1) is 0 Å². The number of carbonyl (C=O) groups is 1. The molecule has 0 aliphatic carbocycles. The normalized spacial score (nSPS) is 17.9. The lowest BCUT2D eigenvalue weighted by atomic mass is 10.0. The second-order valence-corrected chi connectivity index (χ2v) is 4.60. The average Bonchev–Trinajstić information content (AvgIpc) is 2.64. The molecule has 1 aromatic rings. The Hall–Kier alpha value is -1.77. The van der Waals surface area contributed by atoms with E-state index in [2.05, 4.69) is 0 Å². The van der Waals surface area contributed by atoms with E-state index in [0.29, 0.717) is 0 Å². The van der Waals surface area contributed by atoms with Crippen molar-refractivity contribution in [3.63, 3.8) is 0 Å². The van der Waals surface area contributed by atoms with Crippen LogP contribution < -0.4 is 4.74 Å². The molecule has 3 nitrogen and oxygen atoms in total. The fourth-order valence-electron chi connectivity index (χ4n) is 1.89. The molecule has 0 spiro atoms. The van der Waals surface area contributed by atoms with E-state index in [1.54, 1.807) is 12.3 Å². The fraction of sp³-hybridized carbons (Fsp3) is 0.357. The standard InChI is InChI=1S/C14H17NO2/c1-10-8-12-9-11(4-5-14(12)17-10)13(16)6-7-15(2)3/h4-7,9-10H,8H2,1-3H3/b7-6+/t10-/m0/s1. The largest absolute Gasteiger partial charge is 0.490 e. The summed E-state index contributed by atoms with van der Waals surface area (Å²) in [6.07, 6.45) is 4.44. The third-order valence-electron chi connectivity index (χ3n) is 2.70. The van der Waals surface area contributed by atoms with Gasteiger partial charge in [0, 0.05) is 38.4 Å². The summed E-state index contributed by atoms with van der Waals surface area (Å²) in [5.41, 5.74) is 1.85. The van der Waals surface area contributed by atoms with Crippen LogP contribution in [0.2, 0.25) is 0 Å². The number of fused-ring (bicyclic) bond motifs is 1. The molecule has 1 aromatic carbocycles. The monoisotopic (exact) mass is 231 g/mol. The van der Waals surface area contributed by atoms with Gasteiger partial charge in [0.25, 0.3) is 0 Å². The van der Waals surface area contributed by atoms with Crippen molar-refractivity contribution in [1.29, 1.82) is 0 Å². The summed E-state index contributed by atoms with van der Waals surface area (Å²) < 4.78 is 5.60. The maximum Gasteiger partial charge on any atom is 0.187 e. The van der Waals surface area contributed by atoms with E-state index in [-0.39, 0.29) is 11.9 Å². The van der Waals surface area contributed by atoms with Crippen molar-refractivity contribution in [1.82, 2.24) is 4.90 Å². The molecule has 90 valence electrons. The first-order valence-electron chi connectivity index (χ1n) is 5.75. The van der Waals surface area contributed by atoms with Crippen LogP contribution in [-0.4, -0.2) is 30.9 Å². The number of ketones is 1. The molecule has 0 bridgehead atoms. The van der Waals surface area contributed by atoms with Crippen molar-refractivity contribution >= 4 is 5.78 Å². The highest BCUT2D eigenvalue weighted by molar-refractivity contribution is 6.04.